The summed E-state index contributed by atoms with van der Waals surface area (Å²) in [7, 11) is 1.44. The first kappa shape index (κ1) is 24.3. The number of anilines is 1. The van der Waals surface area contributed by atoms with E-state index >= 15 is 0 Å². The molecule has 2 aromatic heterocycles. The van der Waals surface area contributed by atoms with Gasteiger partial charge in [0.25, 0.3) is 5.91 Å². The Morgan fingerprint density at radius 3 is 2.26 bits per heavy atom. The predicted octanol–water partition coefficient (Wildman–Crippen LogP) is 6.35. The molecule has 0 aliphatic heterocycles. The number of nitrogens with zero attached hydrogens (tertiary/aromatic N) is 3. The molecule has 0 fully saturated rings. The highest BCUT2D eigenvalue weighted by atomic mass is 35.5. The third-order valence-electron chi connectivity index (χ3n) is 4.88. The summed E-state index contributed by atoms with van der Waals surface area (Å²) < 4.78 is 85.7. The van der Waals surface area contributed by atoms with E-state index < -0.39 is 35.2 Å². The van der Waals surface area contributed by atoms with E-state index in [1.54, 1.807) is 12.1 Å². The van der Waals surface area contributed by atoms with Gasteiger partial charge < -0.3 is 10.1 Å². The second kappa shape index (κ2) is 8.77. The minimum Gasteiger partial charge on any atom is -0.497 e. The van der Waals surface area contributed by atoms with Crippen molar-refractivity contribution < 1.29 is 35.9 Å². The van der Waals surface area contributed by atoms with Gasteiger partial charge in [0.05, 0.1) is 29.1 Å². The largest absolute Gasteiger partial charge is 0.497 e. The van der Waals surface area contributed by atoms with Crippen molar-refractivity contribution in [2.24, 2.45) is 0 Å². The number of amides is 1. The predicted molar refractivity (Wildman–Crippen MR) is 114 cm³/mol. The molecule has 0 aliphatic rings. The van der Waals surface area contributed by atoms with Crippen LogP contribution in [0.1, 0.15) is 21.7 Å². The standard InChI is InChI=1S/C22H13ClF6N4O2/c1-35-13-5-2-11(3-6-13)15-9-18(22(27,28)29)33-19(30-15)10-17(32-33)20(34)31-16-8-12(21(24,25)26)4-7-14(16)23/h2-10H,1H3,(H,31,34). The first-order chi connectivity index (χ1) is 16.4. The molecule has 0 aliphatic carbocycles. The van der Waals surface area contributed by atoms with Crippen molar-refractivity contribution in [1.29, 1.82) is 0 Å². The van der Waals surface area contributed by atoms with Gasteiger partial charge in [-0.25, -0.2) is 9.50 Å². The maximum Gasteiger partial charge on any atom is 0.433 e. The van der Waals surface area contributed by atoms with Gasteiger partial charge in [-0.05, 0) is 48.5 Å². The zero-order chi connectivity index (χ0) is 25.5. The van der Waals surface area contributed by atoms with Crippen molar-refractivity contribution >= 4 is 28.8 Å². The van der Waals surface area contributed by atoms with E-state index in [0.717, 1.165) is 24.3 Å². The second-order valence-corrected chi connectivity index (χ2v) is 7.61. The highest BCUT2D eigenvalue weighted by molar-refractivity contribution is 6.34. The molecule has 0 radical (unpaired) electrons. The highest BCUT2D eigenvalue weighted by Gasteiger charge is 2.36. The Morgan fingerprint density at radius 2 is 1.66 bits per heavy atom. The number of benzene rings is 2. The number of rotatable bonds is 4. The van der Waals surface area contributed by atoms with Gasteiger partial charge in [0.15, 0.2) is 17.0 Å². The van der Waals surface area contributed by atoms with Crippen molar-refractivity contribution in [2.75, 3.05) is 12.4 Å². The SMILES string of the molecule is COc1ccc(-c2cc(C(F)(F)F)n3nc(C(=O)Nc4cc(C(F)(F)F)ccc4Cl)cc3n2)cc1. The molecule has 182 valence electrons. The fraction of sp³-hybridized carbons (Fsp3) is 0.136. The summed E-state index contributed by atoms with van der Waals surface area (Å²) in [4.78, 5) is 16.8. The van der Waals surface area contributed by atoms with Crippen LogP contribution in [0.25, 0.3) is 16.9 Å². The number of nitrogens with one attached hydrogen (secondary N) is 1. The molecule has 0 saturated carbocycles. The Bertz CT molecular complexity index is 1410. The maximum atomic E-state index is 13.8. The number of alkyl halides is 6. The fourth-order valence-corrected chi connectivity index (χ4v) is 3.35. The lowest BCUT2D eigenvalue weighted by molar-refractivity contribution is -0.142. The van der Waals surface area contributed by atoms with E-state index in [-0.39, 0.29) is 22.1 Å². The molecule has 4 rings (SSSR count). The van der Waals surface area contributed by atoms with Crippen molar-refractivity contribution in [3.63, 3.8) is 0 Å². The van der Waals surface area contributed by atoms with Gasteiger partial charge in [-0.1, -0.05) is 11.6 Å². The number of hydrogen-bond acceptors (Lipinski definition) is 4. The molecule has 13 heteroatoms. The van der Waals surface area contributed by atoms with Crippen LogP contribution in [0.15, 0.2) is 54.6 Å². The number of ether oxygens (including phenoxy) is 1. The van der Waals surface area contributed by atoms with Crippen LogP contribution in [0.2, 0.25) is 5.02 Å². The van der Waals surface area contributed by atoms with Crippen LogP contribution < -0.4 is 10.1 Å². The van der Waals surface area contributed by atoms with E-state index in [1.807, 2.05) is 0 Å². The molecule has 6 nitrogen and oxygen atoms in total. The van der Waals surface area contributed by atoms with Gasteiger partial charge in [-0.2, -0.15) is 31.4 Å². The van der Waals surface area contributed by atoms with Crippen LogP contribution >= 0.6 is 11.6 Å². The molecule has 4 aromatic rings. The van der Waals surface area contributed by atoms with Crippen LogP contribution in [0.5, 0.6) is 5.75 Å². The van der Waals surface area contributed by atoms with Gasteiger partial charge in [0, 0.05) is 11.6 Å². The number of fused-ring (bicyclic) bond motifs is 1. The monoisotopic (exact) mass is 514 g/mol. The van der Waals surface area contributed by atoms with Crippen molar-refractivity contribution in [1.82, 2.24) is 14.6 Å². The lowest BCUT2D eigenvalue weighted by Crippen LogP contribution is -2.16. The number of methoxy groups -OCH3 is 1. The summed E-state index contributed by atoms with van der Waals surface area (Å²) in [6, 6.07) is 10.1. The number of carbonyl (C=O) groups excluding carboxylic acids is 1. The Kier molecular flexibility index (Phi) is 6.09. The van der Waals surface area contributed by atoms with E-state index in [2.05, 4.69) is 15.4 Å². The molecule has 0 saturated heterocycles. The first-order valence-electron chi connectivity index (χ1n) is 9.67. The van der Waals surface area contributed by atoms with Gasteiger partial charge in [-0.3, -0.25) is 4.79 Å². The molecule has 1 amide bonds. The Balaban J connectivity index is 1.75. The molecule has 2 aromatic carbocycles. The summed E-state index contributed by atoms with van der Waals surface area (Å²) in [6.07, 6.45) is -9.55. The Hall–Kier alpha value is -3.80. The Morgan fingerprint density at radius 1 is 0.971 bits per heavy atom. The smallest absolute Gasteiger partial charge is 0.433 e. The van der Waals surface area contributed by atoms with Crippen molar-refractivity contribution in [3.05, 3.63) is 76.6 Å². The lowest BCUT2D eigenvalue weighted by atomic mass is 10.1. The van der Waals surface area contributed by atoms with Crippen LogP contribution in [0.3, 0.4) is 0 Å². The molecule has 1 N–H and O–H groups in total. The molecule has 0 spiro atoms. The minimum atomic E-state index is -4.85. The summed E-state index contributed by atoms with van der Waals surface area (Å²) >= 11 is 5.87. The number of carbonyl (C=O) groups is 1. The summed E-state index contributed by atoms with van der Waals surface area (Å²) in [5, 5.41) is 5.62. The topological polar surface area (TPSA) is 68.5 Å². The van der Waals surface area contributed by atoms with Gasteiger partial charge in [-0.15, -0.1) is 0 Å². The summed E-state index contributed by atoms with van der Waals surface area (Å²) in [5.74, 6) is -0.585. The molecule has 0 bridgehead atoms. The minimum absolute atomic E-state index is 0.0414. The zero-order valence-corrected chi connectivity index (χ0v) is 18.3. The zero-order valence-electron chi connectivity index (χ0n) is 17.5. The summed E-state index contributed by atoms with van der Waals surface area (Å²) in [6.45, 7) is 0. The average molecular weight is 515 g/mol. The molecular weight excluding hydrogens is 502 g/mol. The molecule has 0 unspecified atom stereocenters. The van der Waals surface area contributed by atoms with E-state index in [9.17, 15) is 31.1 Å². The van der Waals surface area contributed by atoms with Gasteiger partial charge >= 0.3 is 12.4 Å². The van der Waals surface area contributed by atoms with Crippen LogP contribution in [0.4, 0.5) is 32.0 Å². The van der Waals surface area contributed by atoms with E-state index in [4.69, 9.17) is 16.3 Å². The van der Waals surface area contributed by atoms with Gasteiger partial charge in [0.1, 0.15) is 5.75 Å². The first-order valence-corrected chi connectivity index (χ1v) is 10.0. The van der Waals surface area contributed by atoms with Crippen LogP contribution in [-0.2, 0) is 12.4 Å². The third-order valence-corrected chi connectivity index (χ3v) is 5.21. The van der Waals surface area contributed by atoms with Crippen LogP contribution in [0, 0.1) is 0 Å². The molecule has 35 heavy (non-hydrogen) atoms. The van der Waals surface area contributed by atoms with Crippen LogP contribution in [-0.4, -0.2) is 27.6 Å². The summed E-state index contributed by atoms with van der Waals surface area (Å²) in [5.41, 5.74) is -3.16. The quantitative estimate of drug-likeness (QED) is 0.322. The lowest BCUT2D eigenvalue weighted by Gasteiger charge is -2.11. The normalized spacial score (nSPS) is 12.1. The number of hydrogen-bond donors (Lipinski definition) is 1. The van der Waals surface area contributed by atoms with Crippen molar-refractivity contribution in [3.8, 4) is 17.0 Å². The van der Waals surface area contributed by atoms with Gasteiger partial charge in [0.2, 0.25) is 0 Å². The second-order valence-electron chi connectivity index (χ2n) is 7.20. The fourth-order valence-electron chi connectivity index (χ4n) is 3.18. The molecule has 2 heterocycles. The molecular formula is C22H13ClF6N4O2. The molecule has 0 atom stereocenters. The van der Waals surface area contributed by atoms with E-state index in [1.165, 1.54) is 19.2 Å². The maximum absolute atomic E-state index is 13.8. The van der Waals surface area contributed by atoms with Crippen molar-refractivity contribution in [2.45, 2.75) is 12.4 Å². The Labute approximate surface area is 198 Å². The third kappa shape index (κ3) is 5.02. The average Bonchev–Trinajstić information content (AvgIpc) is 3.23. The highest BCUT2D eigenvalue weighted by Crippen LogP contribution is 2.35. The number of aromatic nitrogens is 3. The number of halogens is 7. The van der Waals surface area contributed by atoms with E-state index in [0.29, 0.717) is 21.9 Å².